The van der Waals surface area contributed by atoms with Gasteiger partial charge in [0.25, 0.3) is 5.91 Å². The van der Waals surface area contributed by atoms with Crippen molar-refractivity contribution in [3.05, 3.63) is 58.5 Å². The summed E-state index contributed by atoms with van der Waals surface area (Å²) >= 11 is 3.11. The van der Waals surface area contributed by atoms with Crippen LogP contribution in [-0.4, -0.2) is 38.6 Å². The van der Waals surface area contributed by atoms with Crippen molar-refractivity contribution in [2.45, 2.75) is 12.8 Å². The van der Waals surface area contributed by atoms with Gasteiger partial charge in [-0.25, -0.2) is 15.0 Å². The first-order chi connectivity index (χ1) is 14.2. The normalized spacial score (nSPS) is 10.9. The average Bonchev–Trinajstić information content (AvgIpc) is 3.41. The second-order valence-electron chi connectivity index (χ2n) is 6.37. The summed E-state index contributed by atoms with van der Waals surface area (Å²) in [5.74, 6) is 1.44. The summed E-state index contributed by atoms with van der Waals surface area (Å²) in [5, 5.41) is 6.99. The number of nitrogens with zero attached hydrogens (tertiary/aromatic N) is 3. The molecule has 0 spiro atoms. The van der Waals surface area contributed by atoms with Gasteiger partial charge >= 0.3 is 0 Å². The second kappa shape index (κ2) is 9.06. The zero-order valence-corrected chi connectivity index (χ0v) is 17.4. The molecule has 4 heterocycles. The Labute approximate surface area is 176 Å². The van der Waals surface area contributed by atoms with Crippen molar-refractivity contribution in [1.82, 2.24) is 25.3 Å². The van der Waals surface area contributed by atoms with E-state index in [4.69, 9.17) is 0 Å². The number of thiophene rings is 1. The lowest BCUT2D eigenvalue weighted by atomic mass is 10.1. The highest BCUT2D eigenvalue weighted by molar-refractivity contribution is 7.99. The predicted octanol–water partition coefficient (Wildman–Crippen LogP) is 4.13. The number of aryl methyl sites for hydroxylation is 1. The molecule has 9 heteroatoms. The van der Waals surface area contributed by atoms with Crippen molar-refractivity contribution in [3.8, 4) is 11.4 Å². The third kappa shape index (κ3) is 4.57. The van der Waals surface area contributed by atoms with Crippen LogP contribution in [0.25, 0.3) is 22.6 Å². The molecular weight excluding hydrogens is 404 g/mol. The molecule has 0 unspecified atom stereocenters. The van der Waals surface area contributed by atoms with Gasteiger partial charge < -0.3 is 15.0 Å². The fourth-order valence-electron chi connectivity index (χ4n) is 2.96. The number of aromatic amines is 1. The molecule has 0 aromatic carbocycles. The van der Waals surface area contributed by atoms with Gasteiger partial charge in [-0.2, -0.15) is 11.3 Å². The summed E-state index contributed by atoms with van der Waals surface area (Å²) in [6, 6.07) is 7.72. The minimum Gasteiger partial charge on any atom is -0.352 e. The lowest BCUT2D eigenvalue weighted by Crippen LogP contribution is -2.25. The van der Waals surface area contributed by atoms with Gasteiger partial charge in [0.15, 0.2) is 5.65 Å². The van der Waals surface area contributed by atoms with E-state index in [1.807, 2.05) is 35.3 Å². The average molecular weight is 425 g/mol. The van der Waals surface area contributed by atoms with Crippen LogP contribution in [-0.2, 0) is 6.42 Å². The Morgan fingerprint density at radius 1 is 1.24 bits per heavy atom. The molecule has 0 bridgehead atoms. The van der Waals surface area contributed by atoms with Crippen molar-refractivity contribution >= 4 is 46.2 Å². The molecule has 4 aromatic rings. The molecule has 0 aliphatic carbocycles. The van der Waals surface area contributed by atoms with E-state index in [2.05, 4.69) is 36.0 Å². The van der Waals surface area contributed by atoms with Crippen molar-refractivity contribution in [2.24, 2.45) is 0 Å². The SMILES string of the molecule is CSNc1ccc(CCCNC(=O)c2ccnc3nc(-c4ccsc4)[nH]c23)cn1. The highest BCUT2D eigenvalue weighted by Crippen LogP contribution is 2.23. The number of H-pyrrole nitrogens is 1. The Morgan fingerprint density at radius 2 is 2.17 bits per heavy atom. The third-order valence-corrected chi connectivity index (χ3v) is 5.49. The van der Waals surface area contributed by atoms with E-state index in [0.29, 0.717) is 23.3 Å². The minimum atomic E-state index is -0.129. The Morgan fingerprint density at radius 3 is 2.93 bits per heavy atom. The Hall–Kier alpha value is -2.91. The van der Waals surface area contributed by atoms with Crippen LogP contribution in [0, 0.1) is 0 Å². The van der Waals surface area contributed by atoms with E-state index in [-0.39, 0.29) is 5.91 Å². The second-order valence-corrected chi connectivity index (χ2v) is 7.76. The fourth-order valence-corrected chi connectivity index (χ4v) is 3.93. The topological polar surface area (TPSA) is 95.6 Å². The summed E-state index contributed by atoms with van der Waals surface area (Å²) in [6.07, 6.45) is 7.13. The number of anilines is 1. The monoisotopic (exact) mass is 424 g/mol. The molecule has 148 valence electrons. The number of rotatable bonds is 8. The number of nitrogens with one attached hydrogen (secondary N) is 3. The number of carbonyl (C=O) groups is 1. The molecule has 7 nitrogen and oxygen atoms in total. The van der Waals surface area contributed by atoms with Gasteiger partial charge in [-0.1, -0.05) is 18.0 Å². The number of aromatic nitrogens is 4. The molecule has 0 saturated heterocycles. The highest BCUT2D eigenvalue weighted by Gasteiger charge is 2.15. The van der Waals surface area contributed by atoms with Crippen LogP contribution in [0.1, 0.15) is 22.3 Å². The number of imidazole rings is 1. The van der Waals surface area contributed by atoms with E-state index in [1.54, 1.807) is 23.6 Å². The number of carbonyl (C=O) groups excluding carboxylic acids is 1. The fraction of sp³-hybridized carbons (Fsp3) is 0.200. The number of pyridine rings is 2. The van der Waals surface area contributed by atoms with E-state index in [0.717, 1.165) is 35.6 Å². The van der Waals surface area contributed by atoms with Crippen LogP contribution in [0.4, 0.5) is 5.82 Å². The van der Waals surface area contributed by atoms with Gasteiger partial charge in [-0.3, -0.25) is 4.79 Å². The molecule has 0 aliphatic heterocycles. The van der Waals surface area contributed by atoms with Crippen LogP contribution in [0.2, 0.25) is 0 Å². The number of fused-ring (bicyclic) bond motifs is 1. The maximum absolute atomic E-state index is 12.7. The molecule has 1 amide bonds. The van der Waals surface area contributed by atoms with Crippen molar-refractivity contribution < 1.29 is 4.79 Å². The van der Waals surface area contributed by atoms with Gasteiger partial charge in [0.2, 0.25) is 0 Å². The Balaban J connectivity index is 1.36. The zero-order valence-electron chi connectivity index (χ0n) is 15.8. The summed E-state index contributed by atoms with van der Waals surface area (Å²) in [6.45, 7) is 0.582. The summed E-state index contributed by atoms with van der Waals surface area (Å²) in [7, 11) is 0. The molecule has 0 atom stereocenters. The van der Waals surface area contributed by atoms with E-state index in [1.165, 1.54) is 11.9 Å². The lowest BCUT2D eigenvalue weighted by Gasteiger charge is -2.06. The largest absolute Gasteiger partial charge is 0.352 e. The van der Waals surface area contributed by atoms with Crippen LogP contribution in [0.5, 0.6) is 0 Å². The molecule has 0 radical (unpaired) electrons. The summed E-state index contributed by atoms with van der Waals surface area (Å²) < 4.78 is 3.10. The molecule has 4 rings (SSSR count). The predicted molar refractivity (Wildman–Crippen MR) is 119 cm³/mol. The molecule has 4 aromatic heterocycles. The van der Waals surface area contributed by atoms with Crippen LogP contribution >= 0.6 is 23.3 Å². The Kier molecular flexibility index (Phi) is 6.06. The zero-order chi connectivity index (χ0) is 20.1. The van der Waals surface area contributed by atoms with Crippen molar-refractivity contribution in [2.75, 3.05) is 17.5 Å². The first-order valence-corrected chi connectivity index (χ1v) is 11.3. The lowest BCUT2D eigenvalue weighted by molar-refractivity contribution is 0.0954. The summed E-state index contributed by atoms with van der Waals surface area (Å²) in [4.78, 5) is 29.0. The molecular formula is C20H20N6OS2. The maximum Gasteiger partial charge on any atom is 0.253 e. The smallest absolute Gasteiger partial charge is 0.253 e. The maximum atomic E-state index is 12.7. The molecule has 0 aliphatic rings. The van der Waals surface area contributed by atoms with E-state index < -0.39 is 0 Å². The standard InChI is InChI=1S/C20H20N6OS2/c1-28-26-16-5-4-13(11-23-16)3-2-8-22-20(27)15-6-9-21-19-17(15)24-18(25-19)14-7-10-29-12-14/h4-7,9-12H,2-3,8H2,1H3,(H,22,27)(H,23,26)(H,21,24,25). The van der Waals surface area contributed by atoms with Crippen molar-refractivity contribution in [3.63, 3.8) is 0 Å². The van der Waals surface area contributed by atoms with Gasteiger partial charge in [-0.05, 0) is 42.0 Å². The number of amides is 1. The molecule has 29 heavy (non-hydrogen) atoms. The van der Waals surface area contributed by atoms with Crippen LogP contribution in [0.15, 0.2) is 47.4 Å². The molecule has 3 N–H and O–H groups in total. The van der Waals surface area contributed by atoms with Crippen molar-refractivity contribution in [1.29, 1.82) is 0 Å². The molecule has 0 saturated carbocycles. The first-order valence-electron chi connectivity index (χ1n) is 9.14. The number of hydrogen-bond acceptors (Lipinski definition) is 7. The third-order valence-electron chi connectivity index (χ3n) is 4.39. The van der Waals surface area contributed by atoms with Gasteiger partial charge in [0.05, 0.1) is 11.1 Å². The first kappa shape index (κ1) is 19.4. The van der Waals surface area contributed by atoms with Crippen LogP contribution < -0.4 is 10.0 Å². The van der Waals surface area contributed by atoms with E-state index in [9.17, 15) is 4.79 Å². The Bertz CT molecular complexity index is 1090. The van der Waals surface area contributed by atoms with Gasteiger partial charge in [0.1, 0.15) is 11.6 Å². The van der Waals surface area contributed by atoms with E-state index >= 15 is 0 Å². The van der Waals surface area contributed by atoms with Gasteiger partial charge in [-0.15, -0.1) is 0 Å². The van der Waals surface area contributed by atoms with Gasteiger partial charge in [0, 0.05) is 36.1 Å². The van der Waals surface area contributed by atoms with Crippen LogP contribution in [0.3, 0.4) is 0 Å². The number of hydrogen-bond donors (Lipinski definition) is 3. The highest BCUT2D eigenvalue weighted by atomic mass is 32.2. The minimum absolute atomic E-state index is 0.129. The quantitative estimate of drug-likeness (QED) is 0.291. The summed E-state index contributed by atoms with van der Waals surface area (Å²) in [5.41, 5.74) is 3.90. The molecule has 0 fully saturated rings.